The molecular formula is C19H23F3N2. The van der Waals surface area contributed by atoms with Crippen molar-refractivity contribution in [3.8, 4) is 0 Å². The van der Waals surface area contributed by atoms with Crippen LogP contribution in [0.5, 0.6) is 0 Å². The van der Waals surface area contributed by atoms with E-state index in [1.54, 1.807) is 44.2 Å². The lowest BCUT2D eigenvalue weighted by atomic mass is 10.1. The Kier molecular flexibility index (Phi) is 7.01. The summed E-state index contributed by atoms with van der Waals surface area (Å²) in [7, 11) is 0. The van der Waals surface area contributed by atoms with Crippen LogP contribution in [0.15, 0.2) is 55.1 Å². The van der Waals surface area contributed by atoms with Crippen molar-refractivity contribution in [2.24, 2.45) is 10.9 Å². The highest BCUT2D eigenvalue weighted by atomic mass is 19.4. The molecule has 2 nitrogen and oxygen atoms in total. The summed E-state index contributed by atoms with van der Waals surface area (Å²) >= 11 is 0. The van der Waals surface area contributed by atoms with Gasteiger partial charge in [0.1, 0.15) is 5.71 Å². The van der Waals surface area contributed by atoms with Crippen LogP contribution in [-0.4, -0.2) is 18.4 Å². The summed E-state index contributed by atoms with van der Waals surface area (Å²) in [5, 5.41) is 3.06. The van der Waals surface area contributed by atoms with Crippen molar-refractivity contribution < 1.29 is 13.2 Å². The Morgan fingerprint density at radius 3 is 2.17 bits per heavy atom. The highest BCUT2D eigenvalue weighted by molar-refractivity contribution is 5.94. The second kappa shape index (κ2) is 8.52. The van der Waals surface area contributed by atoms with Crippen molar-refractivity contribution in [1.82, 2.24) is 5.32 Å². The Bertz CT molecular complexity index is 623. The zero-order valence-electron chi connectivity index (χ0n) is 14.1. The van der Waals surface area contributed by atoms with E-state index in [9.17, 15) is 13.2 Å². The van der Waals surface area contributed by atoms with Gasteiger partial charge in [0.25, 0.3) is 0 Å². The van der Waals surface area contributed by atoms with Gasteiger partial charge in [0.15, 0.2) is 0 Å². The monoisotopic (exact) mass is 336 g/mol. The highest BCUT2D eigenvalue weighted by Gasteiger charge is 2.35. The van der Waals surface area contributed by atoms with Gasteiger partial charge in [0, 0.05) is 12.2 Å². The highest BCUT2D eigenvalue weighted by Crippen LogP contribution is 2.26. The van der Waals surface area contributed by atoms with Crippen LogP contribution in [0.4, 0.5) is 13.2 Å². The van der Waals surface area contributed by atoms with Crippen molar-refractivity contribution >= 4 is 17.1 Å². The molecule has 0 aliphatic rings. The summed E-state index contributed by atoms with van der Waals surface area (Å²) in [5.41, 5.74) is 1.39. The summed E-state index contributed by atoms with van der Waals surface area (Å²) in [6, 6.07) is 6.91. The molecule has 0 radical (unpaired) electrons. The van der Waals surface area contributed by atoms with Crippen LogP contribution in [-0.2, 0) is 0 Å². The maximum absolute atomic E-state index is 13.0. The molecule has 0 saturated carbocycles. The third kappa shape index (κ3) is 6.07. The van der Waals surface area contributed by atoms with Gasteiger partial charge >= 0.3 is 6.18 Å². The van der Waals surface area contributed by atoms with E-state index in [4.69, 9.17) is 0 Å². The third-order valence-electron chi connectivity index (χ3n) is 3.23. The van der Waals surface area contributed by atoms with Gasteiger partial charge in [0.2, 0.25) is 0 Å². The molecule has 0 unspecified atom stereocenters. The molecule has 1 aromatic rings. The maximum Gasteiger partial charge on any atom is 0.429 e. The zero-order valence-corrected chi connectivity index (χ0v) is 14.1. The smallest absolute Gasteiger partial charge is 0.382 e. The van der Waals surface area contributed by atoms with E-state index >= 15 is 0 Å². The van der Waals surface area contributed by atoms with E-state index in [1.165, 1.54) is 0 Å². The summed E-state index contributed by atoms with van der Waals surface area (Å²) in [6.07, 6.45) is -2.87. The Hall–Kier alpha value is -2.30. The van der Waals surface area contributed by atoms with Crippen molar-refractivity contribution in [2.45, 2.75) is 26.4 Å². The standard InChI is InChI=1S/C19H23F3N2/c1-6-11-23-14(4)16-7-9-17(10-8-16)15(5)24-18(12-13(2)3)19(20,21)22/h6-10,13,23H,1,4-5,11-12H2,2-3H3/b24-18+. The molecule has 1 aromatic carbocycles. The van der Waals surface area contributed by atoms with E-state index in [1.807, 2.05) is 0 Å². The average Bonchev–Trinajstić information content (AvgIpc) is 2.50. The minimum Gasteiger partial charge on any atom is -0.382 e. The number of rotatable bonds is 8. The van der Waals surface area contributed by atoms with E-state index < -0.39 is 11.9 Å². The van der Waals surface area contributed by atoms with E-state index in [-0.39, 0.29) is 18.0 Å². The molecule has 0 atom stereocenters. The topological polar surface area (TPSA) is 24.4 Å². The van der Waals surface area contributed by atoms with Gasteiger partial charge < -0.3 is 5.32 Å². The van der Waals surface area contributed by atoms with E-state index in [0.717, 1.165) is 5.56 Å². The molecule has 0 bridgehead atoms. The minimum atomic E-state index is -4.45. The Balaban J connectivity index is 2.96. The molecule has 1 N–H and O–H groups in total. The maximum atomic E-state index is 13.0. The number of alkyl halides is 3. The van der Waals surface area contributed by atoms with Crippen LogP contribution >= 0.6 is 0 Å². The Labute approximate surface area is 141 Å². The summed E-state index contributed by atoms with van der Waals surface area (Å²) in [4.78, 5) is 3.73. The number of aliphatic imine (C=N–C) groups is 1. The van der Waals surface area contributed by atoms with Crippen LogP contribution in [0.2, 0.25) is 0 Å². The summed E-state index contributed by atoms with van der Waals surface area (Å²) in [6.45, 7) is 15.2. The van der Waals surface area contributed by atoms with Gasteiger partial charge in [-0.05, 0) is 23.5 Å². The average molecular weight is 336 g/mol. The van der Waals surface area contributed by atoms with Crippen LogP contribution in [0, 0.1) is 5.92 Å². The Morgan fingerprint density at radius 1 is 1.17 bits per heavy atom. The van der Waals surface area contributed by atoms with Gasteiger partial charge in [0.05, 0.1) is 5.70 Å². The second-order valence-corrected chi connectivity index (χ2v) is 5.83. The SMILES string of the molecule is C=CCNC(=C)c1ccc(C(=C)/N=C(\CC(C)C)C(F)(F)F)cc1. The van der Waals surface area contributed by atoms with E-state index in [2.05, 4.69) is 30.0 Å². The molecule has 0 aliphatic heterocycles. The molecule has 0 aromatic heterocycles. The number of nitrogens with one attached hydrogen (secondary N) is 1. The number of nitrogens with zero attached hydrogens (tertiary/aromatic N) is 1. The van der Waals surface area contributed by atoms with Crippen LogP contribution in [0.25, 0.3) is 11.4 Å². The fraction of sp³-hybridized carbons (Fsp3) is 0.316. The molecule has 1 rings (SSSR count). The van der Waals surface area contributed by atoms with Gasteiger partial charge in [-0.25, -0.2) is 4.99 Å². The lowest BCUT2D eigenvalue weighted by Gasteiger charge is -2.14. The number of hydrogen-bond donors (Lipinski definition) is 1. The molecule has 24 heavy (non-hydrogen) atoms. The normalized spacial score (nSPS) is 12.2. The predicted molar refractivity (Wildman–Crippen MR) is 95.7 cm³/mol. The second-order valence-electron chi connectivity index (χ2n) is 5.83. The minimum absolute atomic E-state index is 0.0965. The van der Waals surface area contributed by atoms with Crippen molar-refractivity contribution in [3.05, 3.63) is 61.2 Å². The molecule has 0 fully saturated rings. The van der Waals surface area contributed by atoms with Crippen molar-refractivity contribution in [3.63, 3.8) is 0 Å². The van der Waals surface area contributed by atoms with Crippen LogP contribution in [0.3, 0.4) is 0 Å². The van der Waals surface area contributed by atoms with Crippen LogP contribution in [0.1, 0.15) is 31.4 Å². The number of halogens is 3. The fourth-order valence-electron chi connectivity index (χ4n) is 2.00. The first kappa shape index (κ1) is 19.7. The number of hydrogen-bond acceptors (Lipinski definition) is 2. The zero-order chi connectivity index (χ0) is 18.3. The van der Waals surface area contributed by atoms with Crippen LogP contribution < -0.4 is 5.32 Å². The molecule has 0 amide bonds. The molecule has 130 valence electrons. The number of benzene rings is 1. The predicted octanol–water partition coefficient (Wildman–Crippen LogP) is 5.45. The largest absolute Gasteiger partial charge is 0.429 e. The Morgan fingerprint density at radius 2 is 1.71 bits per heavy atom. The van der Waals surface area contributed by atoms with Gasteiger partial charge in [-0.2, -0.15) is 13.2 Å². The van der Waals surface area contributed by atoms with Gasteiger partial charge in [-0.3, -0.25) is 0 Å². The molecular weight excluding hydrogens is 313 g/mol. The van der Waals surface area contributed by atoms with Crippen molar-refractivity contribution in [2.75, 3.05) is 6.54 Å². The van der Waals surface area contributed by atoms with Crippen molar-refractivity contribution in [1.29, 1.82) is 0 Å². The summed E-state index contributed by atoms with van der Waals surface area (Å²) < 4.78 is 39.1. The fourth-order valence-corrected chi connectivity index (χ4v) is 2.00. The molecule has 0 heterocycles. The van der Waals surface area contributed by atoms with Gasteiger partial charge in [-0.15, -0.1) is 6.58 Å². The lowest BCUT2D eigenvalue weighted by molar-refractivity contribution is -0.0609. The first-order valence-corrected chi connectivity index (χ1v) is 7.63. The van der Waals surface area contributed by atoms with Gasteiger partial charge in [-0.1, -0.05) is 57.3 Å². The molecule has 0 aliphatic carbocycles. The van der Waals surface area contributed by atoms with E-state index in [0.29, 0.717) is 17.8 Å². The summed E-state index contributed by atoms with van der Waals surface area (Å²) in [5.74, 6) is -0.139. The first-order chi connectivity index (χ1) is 11.1. The molecule has 0 saturated heterocycles. The molecule has 0 spiro atoms. The quantitative estimate of drug-likeness (QED) is 0.495. The lowest BCUT2D eigenvalue weighted by Crippen LogP contribution is -2.24. The first-order valence-electron chi connectivity index (χ1n) is 7.63. The third-order valence-corrected chi connectivity index (χ3v) is 3.23. The molecule has 5 heteroatoms.